The van der Waals surface area contributed by atoms with E-state index in [9.17, 15) is 9.59 Å². The summed E-state index contributed by atoms with van der Waals surface area (Å²) in [7, 11) is 0. The third-order valence-corrected chi connectivity index (χ3v) is 4.42. The van der Waals surface area contributed by atoms with E-state index in [1.54, 1.807) is 18.2 Å². The smallest absolute Gasteiger partial charge is 0.408 e. The zero-order valence-corrected chi connectivity index (χ0v) is 14.7. The van der Waals surface area contributed by atoms with Gasteiger partial charge in [-0.05, 0) is 36.2 Å². The molecule has 124 valence electrons. The minimum absolute atomic E-state index is 0.0666. The van der Waals surface area contributed by atoms with Gasteiger partial charge in [0.2, 0.25) is 5.91 Å². The number of fused-ring (bicyclic) bond motifs is 1. The molecule has 1 unspecified atom stereocenters. The summed E-state index contributed by atoms with van der Waals surface area (Å²) in [6, 6.07) is 14.8. The highest BCUT2D eigenvalue weighted by molar-refractivity contribution is 9.10. The summed E-state index contributed by atoms with van der Waals surface area (Å²) in [4.78, 5) is 24.3. The second kappa shape index (κ2) is 7.05. The Hall–Kier alpha value is -2.34. The Morgan fingerprint density at radius 2 is 1.92 bits per heavy atom. The van der Waals surface area contributed by atoms with Crippen LogP contribution in [0.5, 0.6) is 0 Å². The number of benzene rings is 2. The van der Waals surface area contributed by atoms with Gasteiger partial charge in [-0.1, -0.05) is 47.1 Å². The predicted octanol–water partition coefficient (Wildman–Crippen LogP) is 3.62. The first kappa shape index (κ1) is 16.5. The van der Waals surface area contributed by atoms with Crippen molar-refractivity contribution in [2.45, 2.75) is 25.9 Å². The maximum absolute atomic E-state index is 12.4. The number of carbonyl (C=O) groups is 1. The molecule has 5 nitrogen and oxygen atoms in total. The Morgan fingerprint density at radius 1 is 1.21 bits per heavy atom. The number of nitrogens with zero attached hydrogens (tertiary/aromatic N) is 1. The summed E-state index contributed by atoms with van der Waals surface area (Å²) < 4.78 is 7.49. The third-order valence-electron chi connectivity index (χ3n) is 3.89. The van der Waals surface area contributed by atoms with Gasteiger partial charge in [0.25, 0.3) is 0 Å². The Balaban J connectivity index is 1.77. The van der Waals surface area contributed by atoms with Gasteiger partial charge in [0, 0.05) is 4.47 Å². The molecule has 1 N–H and O–H groups in total. The normalized spacial score (nSPS) is 12.2. The average Bonchev–Trinajstić information content (AvgIpc) is 2.89. The fourth-order valence-corrected chi connectivity index (χ4v) is 2.93. The van der Waals surface area contributed by atoms with Crippen LogP contribution >= 0.6 is 15.9 Å². The van der Waals surface area contributed by atoms with Gasteiger partial charge in [-0.25, -0.2) is 4.79 Å². The topological polar surface area (TPSA) is 64.2 Å². The molecule has 6 heteroatoms. The molecule has 0 saturated carbocycles. The molecule has 1 amide bonds. The van der Waals surface area contributed by atoms with Crippen LogP contribution in [0.15, 0.2) is 62.2 Å². The number of halogens is 1. The number of hydrogen-bond donors (Lipinski definition) is 1. The molecule has 0 aliphatic rings. The standard InChI is InChI=1S/C18H17BrN2O3/c1-2-14(12-7-9-13(19)10-8-12)20-17(22)11-21-15-5-3-4-6-16(15)24-18(21)23/h3-10,14H,2,11H2,1H3,(H,20,22). The zero-order valence-electron chi connectivity index (χ0n) is 13.2. The van der Waals surface area contributed by atoms with Crippen molar-refractivity contribution in [2.24, 2.45) is 0 Å². The van der Waals surface area contributed by atoms with Gasteiger partial charge >= 0.3 is 5.76 Å². The lowest BCUT2D eigenvalue weighted by Crippen LogP contribution is -2.33. The maximum Gasteiger partial charge on any atom is 0.420 e. The number of aromatic nitrogens is 1. The summed E-state index contributed by atoms with van der Waals surface area (Å²) >= 11 is 3.40. The minimum atomic E-state index is -0.525. The SMILES string of the molecule is CCC(NC(=O)Cn1c(=O)oc2ccccc21)c1ccc(Br)cc1. The number of oxazole rings is 1. The van der Waals surface area contributed by atoms with Crippen molar-refractivity contribution in [2.75, 3.05) is 0 Å². The van der Waals surface area contributed by atoms with Crippen molar-refractivity contribution in [3.05, 3.63) is 69.1 Å². The highest BCUT2D eigenvalue weighted by Gasteiger charge is 2.16. The van der Waals surface area contributed by atoms with Crippen molar-refractivity contribution in [1.29, 1.82) is 0 Å². The molecule has 0 bridgehead atoms. The Labute approximate surface area is 147 Å². The van der Waals surface area contributed by atoms with E-state index in [2.05, 4.69) is 21.2 Å². The summed E-state index contributed by atoms with van der Waals surface area (Å²) in [6.07, 6.45) is 0.758. The van der Waals surface area contributed by atoms with Crippen LogP contribution < -0.4 is 11.1 Å². The maximum atomic E-state index is 12.4. The van der Waals surface area contributed by atoms with E-state index in [0.29, 0.717) is 11.1 Å². The quantitative estimate of drug-likeness (QED) is 0.725. The van der Waals surface area contributed by atoms with Crippen LogP contribution in [0.25, 0.3) is 11.1 Å². The summed E-state index contributed by atoms with van der Waals surface area (Å²) in [5.41, 5.74) is 2.13. The zero-order chi connectivity index (χ0) is 17.1. The first-order chi connectivity index (χ1) is 11.6. The van der Waals surface area contributed by atoms with E-state index in [1.807, 2.05) is 37.3 Å². The molecule has 3 rings (SSSR count). The molecule has 1 atom stereocenters. The van der Waals surface area contributed by atoms with Crippen LogP contribution in [-0.2, 0) is 11.3 Å². The molecule has 2 aromatic carbocycles. The highest BCUT2D eigenvalue weighted by Crippen LogP contribution is 2.19. The van der Waals surface area contributed by atoms with Crippen molar-refractivity contribution >= 4 is 32.9 Å². The molecule has 0 spiro atoms. The van der Waals surface area contributed by atoms with Crippen LogP contribution in [0, 0.1) is 0 Å². The van der Waals surface area contributed by atoms with Crippen molar-refractivity contribution in [3.8, 4) is 0 Å². The molecular weight excluding hydrogens is 372 g/mol. The second-order valence-electron chi connectivity index (χ2n) is 5.50. The lowest BCUT2D eigenvalue weighted by molar-refractivity contribution is -0.122. The summed E-state index contributed by atoms with van der Waals surface area (Å²) in [6.45, 7) is 1.94. The second-order valence-corrected chi connectivity index (χ2v) is 6.42. The van der Waals surface area contributed by atoms with Crippen molar-refractivity contribution < 1.29 is 9.21 Å². The minimum Gasteiger partial charge on any atom is -0.408 e. The Kier molecular flexibility index (Phi) is 4.85. The van der Waals surface area contributed by atoms with Gasteiger partial charge in [0.05, 0.1) is 11.6 Å². The van der Waals surface area contributed by atoms with Crippen LogP contribution in [0.4, 0.5) is 0 Å². The highest BCUT2D eigenvalue weighted by atomic mass is 79.9. The Morgan fingerprint density at radius 3 is 2.62 bits per heavy atom. The number of amides is 1. The molecule has 1 heterocycles. The van der Waals surface area contributed by atoms with Gasteiger partial charge in [-0.3, -0.25) is 9.36 Å². The number of carbonyl (C=O) groups excluding carboxylic acids is 1. The van der Waals surface area contributed by atoms with Gasteiger partial charge in [0.1, 0.15) is 6.54 Å². The van der Waals surface area contributed by atoms with E-state index in [-0.39, 0.29) is 18.5 Å². The number of hydrogen-bond acceptors (Lipinski definition) is 3. The summed E-state index contributed by atoms with van der Waals surface area (Å²) in [5.74, 6) is -0.749. The Bertz CT molecular complexity index is 912. The third kappa shape index (κ3) is 3.43. The van der Waals surface area contributed by atoms with Gasteiger partial charge in [-0.15, -0.1) is 0 Å². The van der Waals surface area contributed by atoms with E-state index < -0.39 is 5.76 Å². The van der Waals surface area contributed by atoms with E-state index >= 15 is 0 Å². The fourth-order valence-electron chi connectivity index (χ4n) is 2.66. The van der Waals surface area contributed by atoms with E-state index in [1.165, 1.54) is 4.57 Å². The molecule has 0 fully saturated rings. The van der Waals surface area contributed by atoms with Crippen LogP contribution in [-0.4, -0.2) is 10.5 Å². The monoisotopic (exact) mass is 388 g/mol. The first-order valence-corrected chi connectivity index (χ1v) is 8.51. The molecule has 1 aromatic heterocycles. The number of rotatable bonds is 5. The van der Waals surface area contributed by atoms with Crippen molar-refractivity contribution in [1.82, 2.24) is 9.88 Å². The van der Waals surface area contributed by atoms with Crippen molar-refractivity contribution in [3.63, 3.8) is 0 Å². The molecule has 24 heavy (non-hydrogen) atoms. The van der Waals surface area contributed by atoms with Gasteiger partial charge < -0.3 is 9.73 Å². The molecule has 0 aliphatic carbocycles. The van der Waals surface area contributed by atoms with Crippen LogP contribution in [0.2, 0.25) is 0 Å². The van der Waals surface area contributed by atoms with E-state index in [4.69, 9.17) is 4.42 Å². The average molecular weight is 389 g/mol. The van der Waals surface area contributed by atoms with Gasteiger partial charge in [-0.2, -0.15) is 0 Å². The molecule has 0 saturated heterocycles. The predicted molar refractivity (Wildman–Crippen MR) is 95.8 cm³/mol. The van der Waals surface area contributed by atoms with Crippen LogP contribution in [0.1, 0.15) is 24.9 Å². The number of nitrogens with one attached hydrogen (secondary N) is 1. The molecule has 0 aliphatic heterocycles. The summed E-state index contributed by atoms with van der Waals surface area (Å²) in [5, 5.41) is 2.98. The molecule has 0 radical (unpaired) electrons. The fraction of sp³-hybridized carbons (Fsp3) is 0.222. The lowest BCUT2D eigenvalue weighted by Gasteiger charge is -2.17. The van der Waals surface area contributed by atoms with Gasteiger partial charge in [0.15, 0.2) is 5.58 Å². The van der Waals surface area contributed by atoms with E-state index in [0.717, 1.165) is 16.5 Å². The lowest BCUT2D eigenvalue weighted by atomic mass is 10.0. The number of para-hydroxylation sites is 2. The first-order valence-electron chi connectivity index (χ1n) is 7.71. The van der Waals surface area contributed by atoms with Crippen LogP contribution in [0.3, 0.4) is 0 Å². The molecular formula is C18H17BrN2O3. The largest absolute Gasteiger partial charge is 0.420 e. The molecule has 3 aromatic rings.